The Morgan fingerprint density at radius 1 is 1.10 bits per heavy atom. The SMILES string of the molecule is CCNC(=NCc1ccc(C)cc1OCC(F)(F)F)NCCN1CCN(CC)CC1.I. The molecule has 1 heterocycles. The number of nitrogens with zero attached hydrogens (tertiary/aromatic N) is 3. The lowest BCUT2D eigenvalue weighted by Gasteiger charge is -2.34. The molecular weight excluding hydrogens is 522 g/mol. The number of piperazine rings is 1. The molecule has 6 nitrogen and oxygen atoms in total. The lowest BCUT2D eigenvalue weighted by Crippen LogP contribution is -2.49. The van der Waals surface area contributed by atoms with Gasteiger partial charge in [0, 0.05) is 51.4 Å². The summed E-state index contributed by atoms with van der Waals surface area (Å²) in [6, 6.07) is 5.23. The van der Waals surface area contributed by atoms with Crippen LogP contribution in [0.2, 0.25) is 0 Å². The first-order chi connectivity index (χ1) is 14.3. The van der Waals surface area contributed by atoms with Crippen LogP contribution in [0.1, 0.15) is 25.0 Å². The molecule has 1 fully saturated rings. The monoisotopic (exact) mass is 557 g/mol. The minimum absolute atomic E-state index is 0. The summed E-state index contributed by atoms with van der Waals surface area (Å²) in [7, 11) is 0. The van der Waals surface area contributed by atoms with Crippen LogP contribution in [0.3, 0.4) is 0 Å². The fourth-order valence-electron chi connectivity index (χ4n) is 3.25. The molecule has 0 saturated carbocycles. The van der Waals surface area contributed by atoms with E-state index in [0.717, 1.165) is 51.4 Å². The third kappa shape index (κ3) is 10.7. The third-order valence-corrected chi connectivity index (χ3v) is 5.00. The average molecular weight is 557 g/mol. The molecule has 0 radical (unpaired) electrons. The van der Waals surface area contributed by atoms with Gasteiger partial charge in [-0.25, -0.2) is 4.99 Å². The van der Waals surface area contributed by atoms with Gasteiger partial charge in [-0.05, 0) is 32.0 Å². The van der Waals surface area contributed by atoms with Crippen molar-refractivity contribution in [1.29, 1.82) is 0 Å². The van der Waals surface area contributed by atoms with E-state index in [2.05, 4.69) is 32.3 Å². The molecular formula is C21H35F3IN5O. The highest BCUT2D eigenvalue weighted by Gasteiger charge is 2.28. The zero-order chi connectivity index (χ0) is 22.0. The largest absolute Gasteiger partial charge is 0.484 e. The Labute approximate surface area is 200 Å². The Kier molecular flexibility index (Phi) is 12.5. The van der Waals surface area contributed by atoms with Gasteiger partial charge in [0.15, 0.2) is 12.6 Å². The van der Waals surface area contributed by atoms with Gasteiger partial charge in [0.2, 0.25) is 0 Å². The van der Waals surface area contributed by atoms with Gasteiger partial charge in [0.25, 0.3) is 0 Å². The molecule has 0 atom stereocenters. The quantitative estimate of drug-likeness (QED) is 0.278. The lowest BCUT2D eigenvalue weighted by atomic mass is 10.1. The van der Waals surface area contributed by atoms with Crippen LogP contribution in [0.4, 0.5) is 13.2 Å². The molecule has 0 amide bonds. The first-order valence-corrected chi connectivity index (χ1v) is 10.6. The highest BCUT2D eigenvalue weighted by molar-refractivity contribution is 14.0. The zero-order valence-electron chi connectivity index (χ0n) is 18.6. The van der Waals surface area contributed by atoms with Gasteiger partial charge in [-0.3, -0.25) is 4.90 Å². The van der Waals surface area contributed by atoms with E-state index in [4.69, 9.17) is 4.74 Å². The molecule has 10 heteroatoms. The summed E-state index contributed by atoms with van der Waals surface area (Å²) in [5, 5.41) is 6.50. The van der Waals surface area contributed by atoms with Gasteiger partial charge in [0.1, 0.15) is 5.75 Å². The number of nitrogens with one attached hydrogen (secondary N) is 2. The van der Waals surface area contributed by atoms with E-state index in [0.29, 0.717) is 18.1 Å². The van der Waals surface area contributed by atoms with E-state index < -0.39 is 12.8 Å². The number of guanidine groups is 1. The van der Waals surface area contributed by atoms with E-state index in [1.54, 1.807) is 12.1 Å². The summed E-state index contributed by atoms with van der Waals surface area (Å²) in [5.74, 6) is 0.868. The lowest BCUT2D eigenvalue weighted by molar-refractivity contribution is -0.153. The standard InChI is InChI=1S/C21H34F3N5O.HI/c1-4-25-20(26-8-9-29-12-10-28(5-2)11-13-29)27-15-18-7-6-17(3)14-19(18)30-16-21(22,23)24;/h6-7,14H,4-5,8-13,15-16H2,1-3H3,(H2,25,26,27);1H. The van der Waals surface area contributed by atoms with Crippen LogP contribution in [0.5, 0.6) is 5.75 Å². The molecule has 1 aliphatic heterocycles. The molecule has 2 rings (SSSR count). The molecule has 0 unspecified atom stereocenters. The Hall–Kier alpha value is -1.27. The van der Waals surface area contributed by atoms with Crippen molar-refractivity contribution in [2.45, 2.75) is 33.5 Å². The van der Waals surface area contributed by atoms with Crippen molar-refractivity contribution in [2.24, 2.45) is 4.99 Å². The Morgan fingerprint density at radius 2 is 1.77 bits per heavy atom. The molecule has 0 aliphatic carbocycles. The van der Waals surface area contributed by atoms with E-state index in [9.17, 15) is 13.2 Å². The molecule has 0 bridgehead atoms. The van der Waals surface area contributed by atoms with Gasteiger partial charge in [0.05, 0.1) is 6.54 Å². The highest BCUT2D eigenvalue weighted by Crippen LogP contribution is 2.24. The first-order valence-electron chi connectivity index (χ1n) is 10.6. The molecule has 31 heavy (non-hydrogen) atoms. The molecule has 178 valence electrons. The summed E-state index contributed by atoms with van der Waals surface area (Å²) < 4.78 is 42.6. The minimum Gasteiger partial charge on any atom is -0.484 e. The van der Waals surface area contributed by atoms with E-state index in [-0.39, 0.29) is 36.3 Å². The summed E-state index contributed by atoms with van der Waals surface area (Å²) >= 11 is 0. The van der Waals surface area contributed by atoms with Gasteiger partial charge in [-0.2, -0.15) is 13.2 Å². The molecule has 0 spiro atoms. The third-order valence-electron chi connectivity index (χ3n) is 5.00. The smallest absolute Gasteiger partial charge is 0.422 e. The summed E-state index contributed by atoms with van der Waals surface area (Å²) in [6.45, 7) is 12.7. The topological polar surface area (TPSA) is 52.1 Å². The second-order valence-electron chi connectivity index (χ2n) is 7.41. The van der Waals surface area contributed by atoms with Crippen molar-refractivity contribution in [3.8, 4) is 5.75 Å². The van der Waals surface area contributed by atoms with Crippen molar-refractivity contribution in [2.75, 3.05) is 59.0 Å². The maximum Gasteiger partial charge on any atom is 0.422 e. The molecule has 0 aromatic heterocycles. The number of hydrogen-bond donors (Lipinski definition) is 2. The number of halogens is 4. The number of likely N-dealkylation sites (N-methyl/N-ethyl adjacent to an activating group) is 1. The van der Waals surface area contributed by atoms with Crippen molar-refractivity contribution in [1.82, 2.24) is 20.4 Å². The Bertz CT molecular complexity index is 679. The number of aliphatic imine (C=N–C) groups is 1. The van der Waals surface area contributed by atoms with Crippen LogP contribution in [0.25, 0.3) is 0 Å². The van der Waals surface area contributed by atoms with Gasteiger partial charge < -0.3 is 20.3 Å². The fraction of sp³-hybridized carbons (Fsp3) is 0.667. The Balaban J connectivity index is 0.00000480. The molecule has 2 N–H and O–H groups in total. The average Bonchev–Trinajstić information content (AvgIpc) is 2.71. The number of benzene rings is 1. The van der Waals surface area contributed by atoms with Crippen molar-refractivity contribution < 1.29 is 17.9 Å². The molecule has 1 aliphatic rings. The van der Waals surface area contributed by atoms with E-state index >= 15 is 0 Å². The molecule has 1 aromatic rings. The van der Waals surface area contributed by atoms with Gasteiger partial charge in [-0.1, -0.05) is 19.1 Å². The number of alkyl halides is 3. The van der Waals surface area contributed by atoms with Crippen molar-refractivity contribution in [3.63, 3.8) is 0 Å². The van der Waals surface area contributed by atoms with Gasteiger partial charge >= 0.3 is 6.18 Å². The van der Waals surface area contributed by atoms with Crippen LogP contribution in [0.15, 0.2) is 23.2 Å². The van der Waals surface area contributed by atoms with Crippen LogP contribution in [-0.2, 0) is 6.54 Å². The molecule has 1 aromatic carbocycles. The second kappa shape index (κ2) is 14.0. The minimum atomic E-state index is -4.37. The zero-order valence-corrected chi connectivity index (χ0v) is 20.9. The highest BCUT2D eigenvalue weighted by atomic mass is 127. The van der Waals surface area contributed by atoms with Crippen molar-refractivity contribution in [3.05, 3.63) is 29.3 Å². The normalized spacial score (nSPS) is 16.0. The number of ether oxygens (including phenoxy) is 1. The number of aryl methyl sites for hydroxylation is 1. The van der Waals surface area contributed by atoms with E-state index in [1.807, 2.05) is 19.9 Å². The van der Waals surface area contributed by atoms with Crippen LogP contribution in [0, 0.1) is 6.92 Å². The van der Waals surface area contributed by atoms with E-state index in [1.165, 1.54) is 0 Å². The van der Waals surface area contributed by atoms with Crippen molar-refractivity contribution >= 4 is 29.9 Å². The summed E-state index contributed by atoms with van der Waals surface area (Å²) in [5.41, 5.74) is 1.46. The summed E-state index contributed by atoms with van der Waals surface area (Å²) in [6.07, 6.45) is -4.37. The van der Waals surface area contributed by atoms with Crippen LogP contribution < -0.4 is 15.4 Å². The Morgan fingerprint density at radius 3 is 2.39 bits per heavy atom. The fourth-order valence-corrected chi connectivity index (χ4v) is 3.25. The number of rotatable bonds is 9. The maximum atomic E-state index is 12.5. The van der Waals surface area contributed by atoms with Crippen LogP contribution >= 0.6 is 24.0 Å². The molecule has 1 saturated heterocycles. The van der Waals surface area contributed by atoms with Crippen LogP contribution in [-0.4, -0.2) is 80.9 Å². The van der Waals surface area contributed by atoms with Gasteiger partial charge in [-0.15, -0.1) is 24.0 Å². The second-order valence-corrected chi connectivity index (χ2v) is 7.41. The predicted octanol–water partition coefficient (Wildman–Crippen LogP) is 3.25. The predicted molar refractivity (Wildman–Crippen MR) is 130 cm³/mol. The summed E-state index contributed by atoms with van der Waals surface area (Å²) in [4.78, 5) is 9.40. The first kappa shape index (κ1) is 27.8. The number of hydrogen-bond acceptors (Lipinski definition) is 4. The maximum absolute atomic E-state index is 12.5.